The van der Waals surface area contributed by atoms with Crippen molar-refractivity contribution in [1.82, 2.24) is 9.80 Å². The molecule has 0 saturated carbocycles. The fourth-order valence-corrected chi connectivity index (χ4v) is 2.79. The summed E-state index contributed by atoms with van der Waals surface area (Å²) in [5, 5.41) is 2.83. The lowest BCUT2D eigenvalue weighted by molar-refractivity contribution is -0.119. The Labute approximate surface area is 135 Å². The van der Waals surface area contributed by atoms with Gasteiger partial charge in [0.2, 0.25) is 0 Å². The van der Waals surface area contributed by atoms with Crippen LogP contribution < -0.4 is 10.2 Å². The number of piperazine rings is 1. The van der Waals surface area contributed by atoms with Crippen LogP contribution in [0.15, 0.2) is 24.3 Å². The molecule has 7 heteroatoms. The molecule has 2 amide bonds. The molecular weight excluding hydrogens is 296 g/mol. The first kappa shape index (κ1) is 15.6. The predicted molar refractivity (Wildman–Crippen MR) is 87.7 cm³/mol. The van der Waals surface area contributed by atoms with Gasteiger partial charge < -0.3 is 19.9 Å². The van der Waals surface area contributed by atoms with Crippen LogP contribution in [-0.4, -0.2) is 74.7 Å². The molecule has 2 aliphatic rings. The fraction of sp³-hybridized carbons (Fsp3) is 0.500. The molecule has 0 bridgehead atoms. The zero-order valence-corrected chi connectivity index (χ0v) is 13.5. The zero-order chi connectivity index (χ0) is 16.4. The highest BCUT2D eigenvalue weighted by atomic mass is 16.6. The summed E-state index contributed by atoms with van der Waals surface area (Å²) in [5.74, 6) is -0.231. The molecular formula is C16H22N4O3. The number of anilines is 2. The minimum atomic E-state index is -0.570. The third-order valence-corrected chi connectivity index (χ3v) is 4.43. The maximum absolute atomic E-state index is 12.2. The number of hydrogen-bond donors (Lipinski definition) is 1. The number of nitrogens with zero attached hydrogens (tertiary/aromatic N) is 3. The number of carbonyl (C=O) groups is 2. The lowest BCUT2D eigenvalue weighted by Gasteiger charge is -2.34. The van der Waals surface area contributed by atoms with Crippen molar-refractivity contribution in [3.05, 3.63) is 24.3 Å². The van der Waals surface area contributed by atoms with E-state index < -0.39 is 12.1 Å². The normalized spacial score (nSPS) is 22.2. The van der Waals surface area contributed by atoms with Gasteiger partial charge in [-0.15, -0.1) is 0 Å². The molecule has 0 radical (unpaired) electrons. The molecule has 2 aliphatic heterocycles. The molecule has 1 aromatic carbocycles. The summed E-state index contributed by atoms with van der Waals surface area (Å²) in [6.07, 6.45) is -0.462. The first-order valence-electron chi connectivity index (χ1n) is 7.78. The second-order valence-electron chi connectivity index (χ2n) is 6.03. The Bertz CT molecular complexity index is 581. The van der Waals surface area contributed by atoms with Crippen molar-refractivity contribution in [2.45, 2.75) is 6.04 Å². The molecule has 1 aromatic rings. The number of cyclic esters (lactones) is 1. The number of nitrogens with one attached hydrogen (secondary N) is 1. The van der Waals surface area contributed by atoms with Gasteiger partial charge in [-0.3, -0.25) is 9.69 Å². The van der Waals surface area contributed by atoms with Crippen LogP contribution in [-0.2, 0) is 9.53 Å². The minimum absolute atomic E-state index is 0.0978. The number of ether oxygens (including phenoxy) is 1. The van der Waals surface area contributed by atoms with Crippen molar-refractivity contribution < 1.29 is 14.3 Å². The molecule has 3 rings (SSSR count). The third kappa shape index (κ3) is 3.39. The molecule has 124 valence electrons. The molecule has 2 saturated heterocycles. The standard InChI is InChI=1S/C16H22N4O3/c1-18-7-9-20(10-8-18)13-5-3-12(4-6-13)17-15(21)14-11-23-16(22)19(14)2/h3-6,14H,7-11H2,1-2H3,(H,17,21). The van der Waals surface area contributed by atoms with Crippen molar-refractivity contribution in [3.63, 3.8) is 0 Å². The maximum atomic E-state index is 12.2. The third-order valence-electron chi connectivity index (χ3n) is 4.43. The minimum Gasteiger partial charge on any atom is -0.447 e. The van der Waals surface area contributed by atoms with Crippen LogP contribution in [0.3, 0.4) is 0 Å². The summed E-state index contributed by atoms with van der Waals surface area (Å²) < 4.78 is 4.86. The Morgan fingerprint density at radius 1 is 1.13 bits per heavy atom. The Balaban J connectivity index is 1.59. The zero-order valence-electron chi connectivity index (χ0n) is 13.5. The van der Waals surface area contributed by atoms with E-state index in [-0.39, 0.29) is 12.5 Å². The van der Waals surface area contributed by atoms with E-state index in [0.29, 0.717) is 0 Å². The molecule has 23 heavy (non-hydrogen) atoms. The van der Waals surface area contributed by atoms with E-state index in [9.17, 15) is 9.59 Å². The topological polar surface area (TPSA) is 65.1 Å². The molecule has 0 aromatic heterocycles. The van der Waals surface area contributed by atoms with E-state index in [0.717, 1.165) is 37.6 Å². The number of carbonyl (C=O) groups excluding carboxylic acids is 2. The van der Waals surface area contributed by atoms with Gasteiger partial charge in [0.15, 0.2) is 0 Å². The molecule has 1 N–H and O–H groups in total. The summed E-state index contributed by atoms with van der Waals surface area (Å²) in [7, 11) is 3.69. The Hall–Kier alpha value is -2.28. The highest BCUT2D eigenvalue weighted by Crippen LogP contribution is 2.20. The summed E-state index contributed by atoms with van der Waals surface area (Å²) in [4.78, 5) is 29.5. The second kappa shape index (κ2) is 6.45. The smallest absolute Gasteiger partial charge is 0.410 e. The highest BCUT2D eigenvalue weighted by Gasteiger charge is 2.35. The first-order valence-corrected chi connectivity index (χ1v) is 7.78. The maximum Gasteiger partial charge on any atom is 0.410 e. The van der Waals surface area contributed by atoms with Crippen LogP contribution in [0.5, 0.6) is 0 Å². The quantitative estimate of drug-likeness (QED) is 0.894. The van der Waals surface area contributed by atoms with Crippen molar-refractivity contribution in [2.75, 3.05) is 57.1 Å². The summed E-state index contributed by atoms with van der Waals surface area (Å²) >= 11 is 0. The van der Waals surface area contributed by atoms with Crippen LogP contribution >= 0.6 is 0 Å². The molecule has 0 aliphatic carbocycles. The predicted octanol–water partition coefficient (Wildman–Crippen LogP) is 0.827. The van der Waals surface area contributed by atoms with Crippen LogP contribution in [0, 0.1) is 0 Å². The number of rotatable bonds is 3. The van der Waals surface area contributed by atoms with E-state index in [1.54, 1.807) is 7.05 Å². The summed E-state index contributed by atoms with van der Waals surface area (Å²) in [6, 6.07) is 7.24. The van der Waals surface area contributed by atoms with Gasteiger partial charge in [0.25, 0.3) is 5.91 Å². The van der Waals surface area contributed by atoms with Gasteiger partial charge in [-0.2, -0.15) is 0 Å². The Morgan fingerprint density at radius 3 is 2.35 bits per heavy atom. The summed E-state index contributed by atoms with van der Waals surface area (Å²) in [5.41, 5.74) is 1.88. The highest BCUT2D eigenvalue weighted by molar-refractivity contribution is 5.97. The number of hydrogen-bond acceptors (Lipinski definition) is 5. The van der Waals surface area contributed by atoms with Gasteiger partial charge in [-0.25, -0.2) is 4.79 Å². The number of benzene rings is 1. The van der Waals surface area contributed by atoms with E-state index >= 15 is 0 Å². The second-order valence-corrected chi connectivity index (χ2v) is 6.03. The van der Waals surface area contributed by atoms with E-state index in [1.165, 1.54) is 4.90 Å². The SMILES string of the molecule is CN1CCN(c2ccc(NC(=O)C3COC(=O)N3C)cc2)CC1. The molecule has 2 heterocycles. The fourth-order valence-electron chi connectivity index (χ4n) is 2.79. The van der Waals surface area contributed by atoms with Crippen LogP contribution in [0.1, 0.15) is 0 Å². The summed E-state index contributed by atoms with van der Waals surface area (Å²) in [6.45, 7) is 4.23. The monoisotopic (exact) mass is 318 g/mol. The van der Waals surface area contributed by atoms with Gasteiger partial charge in [0, 0.05) is 44.6 Å². The van der Waals surface area contributed by atoms with Crippen LogP contribution in [0.25, 0.3) is 0 Å². The Morgan fingerprint density at radius 2 is 1.78 bits per heavy atom. The van der Waals surface area contributed by atoms with Crippen molar-refractivity contribution in [1.29, 1.82) is 0 Å². The molecule has 1 atom stereocenters. The lowest BCUT2D eigenvalue weighted by atomic mass is 10.2. The van der Waals surface area contributed by atoms with Crippen molar-refractivity contribution >= 4 is 23.4 Å². The van der Waals surface area contributed by atoms with Gasteiger partial charge in [0.1, 0.15) is 12.6 Å². The first-order chi connectivity index (χ1) is 11.0. The van der Waals surface area contributed by atoms with E-state index in [4.69, 9.17) is 4.74 Å². The van der Waals surface area contributed by atoms with E-state index in [2.05, 4.69) is 22.2 Å². The van der Waals surface area contributed by atoms with E-state index in [1.807, 2.05) is 24.3 Å². The van der Waals surface area contributed by atoms with Gasteiger partial charge in [0.05, 0.1) is 0 Å². The molecule has 0 spiro atoms. The average Bonchev–Trinajstić information content (AvgIpc) is 2.89. The molecule has 2 fully saturated rings. The molecule has 7 nitrogen and oxygen atoms in total. The van der Waals surface area contributed by atoms with Crippen LogP contribution in [0.4, 0.5) is 16.2 Å². The van der Waals surface area contributed by atoms with Gasteiger partial charge in [-0.05, 0) is 31.3 Å². The largest absolute Gasteiger partial charge is 0.447 e. The van der Waals surface area contributed by atoms with Crippen molar-refractivity contribution in [3.8, 4) is 0 Å². The average molecular weight is 318 g/mol. The van der Waals surface area contributed by atoms with Gasteiger partial charge in [-0.1, -0.05) is 0 Å². The van der Waals surface area contributed by atoms with Crippen molar-refractivity contribution in [2.24, 2.45) is 0 Å². The van der Waals surface area contributed by atoms with Crippen LogP contribution in [0.2, 0.25) is 0 Å². The lowest BCUT2D eigenvalue weighted by Crippen LogP contribution is -2.44. The Kier molecular flexibility index (Phi) is 4.38. The number of likely N-dealkylation sites (N-methyl/N-ethyl adjacent to an activating group) is 2. The number of amides is 2. The molecule has 1 unspecified atom stereocenters. The van der Waals surface area contributed by atoms with Gasteiger partial charge >= 0.3 is 6.09 Å².